The van der Waals surface area contributed by atoms with Gasteiger partial charge in [0, 0.05) is 6.04 Å². The molecule has 3 rings (SSSR count). The number of hydrogen-bond acceptors (Lipinski definition) is 4. The summed E-state index contributed by atoms with van der Waals surface area (Å²) in [5.74, 6) is 1.93. The minimum absolute atomic E-state index is 0.0930. The number of carbonyl (C=O) groups is 1. The molecule has 0 radical (unpaired) electrons. The van der Waals surface area contributed by atoms with Crippen LogP contribution >= 0.6 is 15.9 Å². The lowest BCUT2D eigenvalue weighted by Gasteiger charge is -2.43. The Balaban J connectivity index is 1.96. The first kappa shape index (κ1) is 19.3. The molecule has 0 aliphatic heterocycles. The van der Waals surface area contributed by atoms with E-state index < -0.39 is 0 Å². The van der Waals surface area contributed by atoms with Gasteiger partial charge < -0.3 is 19.5 Å². The first-order chi connectivity index (χ1) is 12.2. The molecule has 0 aromatic heterocycles. The topological polar surface area (TPSA) is 56.8 Å². The van der Waals surface area contributed by atoms with Crippen molar-refractivity contribution in [3.63, 3.8) is 0 Å². The van der Waals surface area contributed by atoms with E-state index in [1.54, 1.807) is 27.4 Å². The highest BCUT2D eigenvalue weighted by atomic mass is 79.9. The van der Waals surface area contributed by atoms with E-state index in [4.69, 9.17) is 14.2 Å². The second-order valence-corrected chi connectivity index (χ2v) is 9.12. The molecule has 2 aliphatic carbocycles. The lowest BCUT2D eigenvalue weighted by atomic mass is 9.68. The molecule has 2 saturated carbocycles. The number of benzene rings is 1. The minimum Gasteiger partial charge on any atom is -0.493 e. The van der Waals surface area contributed by atoms with Crippen LogP contribution in [0.15, 0.2) is 10.5 Å². The minimum atomic E-state index is -0.122. The Morgan fingerprint density at radius 2 is 1.81 bits per heavy atom. The van der Waals surface area contributed by atoms with Crippen molar-refractivity contribution in [2.24, 2.45) is 16.7 Å². The van der Waals surface area contributed by atoms with Gasteiger partial charge in [0.05, 0.1) is 31.4 Å². The van der Waals surface area contributed by atoms with Gasteiger partial charge in [0.1, 0.15) is 0 Å². The van der Waals surface area contributed by atoms with Crippen LogP contribution in [0.25, 0.3) is 0 Å². The molecule has 0 heterocycles. The summed E-state index contributed by atoms with van der Waals surface area (Å²) in [7, 11) is 4.64. The average Bonchev–Trinajstić information content (AvgIpc) is 3.08. The van der Waals surface area contributed by atoms with E-state index in [-0.39, 0.29) is 22.8 Å². The molecular weight excluding hydrogens is 398 g/mol. The average molecular weight is 426 g/mol. The molecule has 0 saturated heterocycles. The van der Waals surface area contributed by atoms with E-state index in [1.807, 2.05) is 0 Å². The third-order valence-electron chi connectivity index (χ3n) is 6.56. The number of amides is 1. The van der Waals surface area contributed by atoms with Gasteiger partial charge in [-0.2, -0.15) is 0 Å². The number of carbonyl (C=O) groups excluding carboxylic acids is 1. The van der Waals surface area contributed by atoms with Crippen molar-refractivity contribution in [1.29, 1.82) is 0 Å². The van der Waals surface area contributed by atoms with Crippen LogP contribution in [0.2, 0.25) is 0 Å². The van der Waals surface area contributed by atoms with E-state index in [1.165, 1.54) is 19.3 Å². The summed E-state index contributed by atoms with van der Waals surface area (Å²) in [5, 5.41) is 3.32. The quantitative estimate of drug-likeness (QED) is 0.758. The van der Waals surface area contributed by atoms with E-state index in [9.17, 15) is 4.79 Å². The molecule has 5 nitrogen and oxygen atoms in total. The summed E-state index contributed by atoms with van der Waals surface area (Å²) < 4.78 is 16.8. The van der Waals surface area contributed by atoms with Gasteiger partial charge in [-0.3, -0.25) is 4.79 Å². The molecule has 0 unspecified atom stereocenters. The van der Waals surface area contributed by atoms with Crippen molar-refractivity contribution in [3.8, 4) is 17.2 Å². The second kappa shape index (κ2) is 6.63. The van der Waals surface area contributed by atoms with Crippen LogP contribution in [0.5, 0.6) is 17.2 Å². The van der Waals surface area contributed by atoms with Crippen LogP contribution in [0.3, 0.4) is 0 Å². The Morgan fingerprint density at radius 3 is 2.31 bits per heavy atom. The maximum absolute atomic E-state index is 13.2. The van der Waals surface area contributed by atoms with Crippen LogP contribution in [-0.2, 0) is 0 Å². The Hall–Kier alpha value is -1.43. The number of nitrogens with one attached hydrogen (secondary N) is 1. The molecule has 3 atom stereocenters. The van der Waals surface area contributed by atoms with Crippen molar-refractivity contribution >= 4 is 21.8 Å². The first-order valence-corrected chi connectivity index (χ1v) is 9.78. The summed E-state index contributed by atoms with van der Waals surface area (Å²) in [6, 6.07) is 1.84. The Labute approximate surface area is 163 Å². The summed E-state index contributed by atoms with van der Waals surface area (Å²) in [6.07, 6.45) is 3.60. The number of halogens is 1. The predicted molar refractivity (Wildman–Crippen MR) is 104 cm³/mol. The molecule has 2 fully saturated rings. The van der Waals surface area contributed by atoms with Crippen molar-refractivity contribution in [2.45, 2.75) is 46.1 Å². The second-order valence-electron chi connectivity index (χ2n) is 8.33. The molecule has 0 spiro atoms. The molecule has 144 valence electrons. The van der Waals surface area contributed by atoms with E-state index >= 15 is 0 Å². The highest BCUT2D eigenvalue weighted by Crippen LogP contribution is 2.62. The first-order valence-electron chi connectivity index (χ1n) is 8.99. The van der Waals surface area contributed by atoms with E-state index in [0.717, 1.165) is 0 Å². The van der Waals surface area contributed by atoms with Gasteiger partial charge in [-0.25, -0.2) is 0 Å². The number of rotatable bonds is 5. The van der Waals surface area contributed by atoms with Crippen molar-refractivity contribution < 1.29 is 19.0 Å². The third-order valence-corrected chi connectivity index (χ3v) is 7.35. The summed E-state index contributed by atoms with van der Waals surface area (Å²) >= 11 is 3.51. The molecule has 6 heteroatoms. The van der Waals surface area contributed by atoms with Gasteiger partial charge in [-0.1, -0.05) is 20.8 Å². The summed E-state index contributed by atoms with van der Waals surface area (Å²) in [4.78, 5) is 13.2. The molecule has 1 N–H and O–H groups in total. The van der Waals surface area contributed by atoms with Crippen LogP contribution in [0.4, 0.5) is 0 Å². The fourth-order valence-corrected chi connectivity index (χ4v) is 5.79. The molecule has 1 aromatic rings. The predicted octanol–water partition coefficient (Wildman–Crippen LogP) is 4.42. The van der Waals surface area contributed by atoms with Gasteiger partial charge in [0.15, 0.2) is 11.5 Å². The number of hydrogen-bond donors (Lipinski definition) is 1. The van der Waals surface area contributed by atoms with Crippen molar-refractivity contribution in [2.75, 3.05) is 21.3 Å². The molecule has 1 amide bonds. The highest BCUT2D eigenvalue weighted by molar-refractivity contribution is 9.10. The van der Waals surface area contributed by atoms with Crippen molar-refractivity contribution in [3.05, 3.63) is 16.1 Å². The van der Waals surface area contributed by atoms with Gasteiger partial charge in [-0.15, -0.1) is 0 Å². The van der Waals surface area contributed by atoms with Gasteiger partial charge >= 0.3 is 0 Å². The largest absolute Gasteiger partial charge is 0.493 e. The van der Waals surface area contributed by atoms with E-state index in [2.05, 4.69) is 42.0 Å². The Kier molecular flexibility index (Phi) is 4.93. The normalized spacial score (nSPS) is 28.7. The number of ether oxygens (including phenoxy) is 3. The third kappa shape index (κ3) is 2.77. The van der Waals surface area contributed by atoms with Gasteiger partial charge in [0.2, 0.25) is 5.75 Å². The molecule has 2 aliphatic rings. The maximum atomic E-state index is 13.2. The SMILES string of the molecule is COc1cc(C(=O)N[C@@H]2C(C)(C)[C@H]3CC[C@@]2(C)C3)c(Br)c(OC)c1OC. The smallest absolute Gasteiger partial charge is 0.252 e. The molecule has 26 heavy (non-hydrogen) atoms. The molecule has 2 bridgehead atoms. The zero-order chi connectivity index (χ0) is 19.3. The van der Waals surface area contributed by atoms with Crippen LogP contribution in [-0.4, -0.2) is 33.3 Å². The Morgan fingerprint density at radius 1 is 1.15 bits per heavy atom. The van der Waals surface area contributed by atoms with Crippen molar-refractivity contribution in [1.82, 2.24) is 5.32 Å². The zero-order valence-electron chi connectivity index (χ0n) is 16.4. The van der Waals surface area contributed by atoms with Gasteiger partial charge in [0.25, 0.3) is 5.91 Å². The monoisotopic (exact) mass is 425 g/mol. The van der Waals surface area contributed by atoms with Gasteiger partial charge in [-0.05, 0) is 58.0 Å². The van der Waals surface area contributed by atoms with Crippen LogP contribution in [0.1, 0.15) is 50.4 Å². The lowest BCUT2D eigenvalue weighted by Crippen LogP contribution is -2.52. The number of methoxy groups -OCH3 is 3. The molecule has 1 aromatic carbocycles. The number of fused-ring (bicyclic) bond motifs is 2. The molecular formula is C20H28BrNO4. The van der Waals surface area contributed by atoms with E-state index in [0.29, 0.717) is 33.2 Å². The summed E-state index contributed by atoms with van der Waals surface area (Å²) in [5.41, 5.74) is 0.744. The highest BCUT2D eigenvalue weighted by Gasteiger charge is 2.59. The Bertz CT molecular complexity index is 728. The fourth-order valence-electron chi connectivity index (χ4n) is 5.16. The zero-order valence-corrected chi connectivity index (χ0v) is 18.0. The fraction of sp³-hybridized carbons (Fsp3) is 0.650. The lowest BCUT2D eigenvalue weighted by molar-refractivity contribution is 0.0736. The standard InChI is InChI=1S/C20H28BrNO4/c1-19(2)11-7-8-20(3,10-11)18(19)22-17(23)12-9-13(24-4)15(25-5)16(26-6)14(12)21/h9,11,18H,7-8,10H2,1-6H3,(H,22,23)/t11-,18+,20-/m0/s1. The maximum Gasteiger partial charge on any atom is 0.252 e. The van der Waals surface area contributed by atoms with Crippen LogP contribution < -0.4 is 19.5 Å². The van der Waals surface area contributed by atoms with Crippen LogP contribution in [0, 0.1) is 16.7 Å². The summed E-state index contributed by atoms with van der Waals surface area (Å²) in [6.45, 7) is 6.85.